The molecule has 0 spiro atoms. The van der Waals surface area contributed by atoms with Gasteiger partial charge in [0.15, 0.2) is 0 Å². The summed E-state index contributed by atoms with van der Waals surface area (Å²) in [6.45, 7) is 8.15. The molecule has 1 heterocycles. The van der Waals surface area contributed by atoms with E-state index < -0.39 is 0 Å². The highest BCUT2D eigenvalue weighted by Crippen LogP contribution is 2.18. The topological polar surface area (TPSA) is 37.8 Å². The highest BCUT2D eigenvalue weighted by molar-refractivity contribution is 5.34. The number of aromatic amines is 1. The van der Waals surface area contributed by atoms with Crippen molar-refractivity contribution in [3.8, 4) is 5.69 Å². The van der Waals surface area contributed by atoms with Crippen LogP contribution in [-0.4, -0.2) is 9.78 Å². The first-order valence-corrected chi connectivity index (χ1v) is 5.77. The summed E-state index contributed by atoms with van der Waals surface area (Å²) in [6, 6.07) is 7.89. The molecule has 0 amide bonds. The Morgan fingerprint density at radius 1 is 1.12 bits per heavy atom. The molecule has 0 unspecified atom stereocenters. The molecule has 0 atom stereocenters. The molecule has 2 rings (SSSR count). The third-order valence-corrected chi connectivity index (χ3v) is 2.87. The fourth-order valence-electron chi connectivity index (χ4n) is 1.79. The van der Waals surface area contributed by atoms with E-state index in [1.807, 2.05) is 52.0 Å². The number of hydrogen-bond donors (Lipinski definition) is 1. The zero-order valence-corrected chi connectivity index (χ0v) is 10.7. The fourth-order valence-corrected chi connectivity index (χ4v) is 1.79. The van der Waals surface area contributed by atoms with Crippen LogP contribution in [0.1, 0.15) is 31.9 Å². The van der Waals surface area contributed by atoms with Gasteiger partial charge in [-0.25, -0.2) is 4.68 Å². The van der Waals surface area contributed by atoms with Crippen LogP contribution in [0.25, 0.3) is 5.69 Å². The lowest BCUT2D eigenvalue weighted by atomic mass is 9.89. The fraction of sp³-hybridized carbons (Fsp3) is 0.357. The second-order valence-corrected chi connectivity index (χ2v) is 5.41. The highest BCUT2D eigenvalue weighted by Gasteiger charge is 2.20. The molecular weight excluding hydrogens is 212 g/mol. The molecule has 0 bridgehead atoms. The van der Waals surface area contributed by atoms with Crippen molar-refractivity contribution in [1.29, 1.82) is 0 Å². The maximum absolute atomic E-state index is 12.2. The largest absolute Gasteiger partial charge is 0.298 e. The Kier molecular flexibility index (Phi) is 2.69. The van der Waals surface area contributed by atoms with Crippen molar-refractivity contribution < 1.29 is 0 Å². The summed E-state index contributed by atoms with van der Waals surface area (Å²) in [7, 11) is 0. The summed E-state index contributed by atoms with van der Waals surface area (Å²) < 4.78 is 1.58. The van der Waals surface area contributed by atoms with E-state index in [-0.39, 0.29) is 11.0 Å². The van der Waals surface area contributed by atoms with Gasteiger partial charge in [-0.3, -0.25) is 9.89 Å². The predicted molar refractivity (Wildman–Crippen MR) is 69.8 cm³/mol. The smallest absolute Gasteiger partial charge is 0.274 e. The molecule has 0 aliphatic rings. The molecule has 90 valence electrons. The highest BCUT2D eigenvalue weighted by atomic mass is 16.1. The third kappa shape index (κ3) is 2.18. The molecule has 1 N–H and O–H groups in total. The molecule has 17 heavy (non-hydrogen) atoms. The molecular formula is C14H18N2O. The van der Waals surface area contributed by atoms with Gasteiger partial charge in [-0.05, 0) is 24.5 Å². The van der Waals surface area contributed by atoms with Gasteiger partial charge < -0.3 is 0 Å². The summed E-state index contributed by atoms with van der Waals surface area (Å²) in [5, 5.41) is 3.02. The van der Waals surface area contributed by atoms with E-state index in [0.717, 1.165) is 11.3 Å². The lowest BCUT2D eigenvalue weighted by Crippen LogP contribution is -2.24. The van der Waals surface area contributed by atoms with Crippen LogP contribution in [-0.2, 0) is 5.41 Å². The number of nitrogens with one attached hydrogen (secondary N) is 1. The molecule has 0 saturated heterocycles. The lowest BCUT2D eigenvalue weighted by molar-refractivity contribution is 0.584. The third-order valence-electron chi connectivity index (χ3n) is 2.87. The summed E-state index contributed by atoms with van der Waals surface area (Å²) in [4.78, 5) is 12.2. The molecule has 2 aromatic rings. The molecule has 0 fully saturated rings. The van der Waals surface area contributed by atoms with Crippen LogP contribution in [0.4, 0.5) is 0 Å². The molecule has 0 radical (unpaired) electrons. The van der Waals surface area contributed by atoms with Crippen molar-refractivity contribution in [2.75, 3.05) is 0 Å². The first-order chi connectivity index (χ1) is 7.89. The predicted octanol–water partition coefficient (Wildman–Crippen LogP) is 2.77. The maximum atomic E-state index is 12.2. The van der Waals surface area contributed by atoms with E-state index in [1.54, 1.807) is 10.9 Å². The van der Waals surface area contributed by atoms with Crippen molar-refractivity contribution in [2.24, 2.45) is 0 Å². The van der Waals surface area contributed by atoms with Gasteiger partial charge in [0.2, 0.25) is 0 Å². The van der Waals surface area contributed by atoms with E-state index in [4.69, 9.17) is 0 Å². The number of H-pyrrole nitrogens is 1. The maximum Gasteiger partial charge on any atom is 0.274 e. The van der Waals surface area contributed by atoms with Gasteiger partial charge in [-0.2, -0.15) is 0 Å². The van der Waals surface area contributed by atoms with E-state index in [1.165, 1.54) is 5.56 Å². The Balaban J connectivity index is 2.52. The molecule has 3 heteroatoms. The Hall–Kier alpha value is -1.77. The van der Waals surface area contributed by atoms with Crippen molar-refractivity contribution >= 4 is 0 Å². The Bertz CT molecular complexity index is 568. The van der Waals surface area contributed by atoms with Gasteiger partial charge in [0.25, 0.3) is 5.56 Å². The lowest BCUT2D eigenvalue weighted by Gasteiger charge is -2.14. The zero-order valence-electron chi connectivity index (χ0n) is 10.7. The number of nitrogens with zero attached hydrogens (tertiary/aromatic N) is 1. The average Bonchev–Trinajstić information content (AvgIpc) is 2.61. The second-order valence-electron chi connectivity index (χ2n) is 5.41. The van der Waals surface area contributed by atoms with Crippen LogP contribution in [0.3, 0.4) is 0 Å². The molecule has 1 aromatic carbocycles. The van der Waals surface area contributed by atoms with E-state index in [0.29, 0.717) is 0 Å². The van der Waals surface area contributed by atoms with Crippen LogP contribution in [0.15, 0.2) is 35.3 Å². The molecule has 1 aromatic heterocycles. The number of benzene rings is 1. The van der Waals surface area contributed by atoms with Crippen LogP contribution in [0.2, 0.25) is 0 Å². The first-order valence-electron chi connectivity index (χ1n) is 5.77. The normalized spacial score (nSPS) is 11.8. The van der Waals surface area contributed by atoms with Gasteiger partial charge in [0, 0.05) is 11.8 Å². The molecule has 0 saturated carbocycles. The zero-order chi connectivity index (χ0) is 12.6. The number of aryl methyl sites for hydroxylation is 1. The Labute approximate surface area is 101 Å². The van der Waals surface area contributed by atoms with Crippen LogP contribution >= 0.6 is 0 Å². The van der Waals surface area contributed by atoms with Crippen molar-refractivity contribution in [3.05, 3.63) is 51.9 Å². The molecule has 0 aliphatic heterocycles. The van der Waals surface area contributed by atoms with Crippen LogP contribution < -0.4 is 5.56 Å². The summed E-state index contributed by atoms with van der Waals surface area (Å²) in [5.41, 5.74) is 2.75. The summed E-state index contributed by atoms with van der Waals surface area (Å²) in [6.07, 6.45) is 1.79. The van der Waals surface area contributed by atoms with Crippen molar-refractivity contribution in [2.45, 2.75) is 33.1 Å². The Morgan fingerprint density at radius 3 is 2.18 bits per heavy atom. The quantitative estimate of drug-likeness (QED) is 0.803. The summed E-state index contributed by atoms with van der Waals surface area (Å²) >= 11 is 0. The van der Waals surface area contributed by atoms with Crippen molar-refractivity contribution in [3.63, 3.8) is 0 Å². The van der Waals surface area contributed by atoms with Gasteiger partial charge in [0.05, 0.1) is 5.69 Å². The van der Waals surface area contributed by atoms with Crippen LogP contribution in [0.5, 0.6) is 0 Å². The number of rotatable bonds is 1. The van der Waals surface area contributed by atoms with Gasteiger partial charge in [-0.1, -0.05) is 38.5 Å². The standard InChI is InChI=1S/C14H18N2O/c1-10-5-7-11(8-6-10)16-13(17)12(9-15-16)14(2,3)4/h5-9,15H,1-4H3. The minimum atomic E-state index is -0.135. The van der Waals surface area contributed by atoms with Crippen LogP contribution in [0, 0.1) is 6.92 Å². The first kappa shape index (κ1) is 11.7. The number of hydrogen-bond acceptors (Lipinski definition) is 1. The van der Waals surface area contributed by atoms with E-state index >= 15 is 0 Å². The van der Waals surface area contributed by atoms with E-state index in [2.05, 4.69) is 5.10 Å². The minimum absolute atomic E-state index is 0.0290. The van der Waals surface area contributed by atoms with Gasteiger partial charge in [-0.15, -0.1) is 0 Å². The van der Waals surface area contributed by atoms with E-state index in [9.17, 15) is 4.79 Å². The van der Waals surface area contributed by atoms with Crippen molar-refractivity contribution in [1.82, 2.24) is 9.78 Å². The van der Waals surface area contributed by atoms with Gasteiger partial charge >= 0.3 is 0 Å². The second kappa shape index (κ2) is 3.91. The SMILES string of the molecule is Cc1ccc(-n2[nH]cc(C(C)(C)C)c2=O)cc1. The minimum Gasteiger partial charge on any atom is -0.298 e. The summed E-state index contributed by atoms with van der Waals surface area (Å²) in [5.74, 6) is 0. The monoisotopic (exact) mass is 230 g/mol. The molecule has 3 nitrogen and oxygen atoms in total. The Morgan fingerprint density at radius 2 is 1.71 bits per heavy atom. The average molecular weight is 230 g/mol. The number of aromatic nitrogens is 2. The van der Waals surface area contributed by atoms with Gasteiger partial charge in [0.1, 0.15) is 0 Å². The molecule has 0 aliphatic carbocycles.